The molecule has 0 unspecified atom stereocenters. The molecular formula is C5H9N2NaO2. The molecule has 0 amide bonds. The molecule has 52 valence electrons. The van der Waals surface area contributed by atoms with E-state index in [0.29, 0.717) is 0 Å². The summed E-state index contributed by atoms with van der Waals surface area (Å²) < 4.78 is 0. The van der Waals surface area contributed by atoms with Gasteiger partial charge >= 0.3 is 29.6 Å². The average molecular weight is 152 g/mol. The predicted molar refractivity (Wildman–Crippen MR) is 33.0 cm³/mol. The molecule has 2 N–H and O–H groups in total. The van der Waals surface area contributed by atoms with E-state index in [0.717, 1.165) is 6.92 Å². The summed E-state index contributed by atoms with van der Waals surface area (Å²) in [6, 6.07) is 0. The monoisotopic (exact) mass is 152 g/mol. The number of carbonyl (C=O) groups is 1. The number of nitrogens with zero attached hydrogens (tertiary/aromatic N) is 1. The van der Waals surface area contributed by atoms with Crippen molar-refractivity contribution in [2.75, 3.05) is 0 Å². The summed E-state index contributed by atoms with van der Waals surface area (Å²) in [4.78, 5) is 15.4. The maximum Gasteiger partial charge on any atom is 1.00 e. The summed E-state index contributed by atoms with van der Waals surface area (Å²) in [5, 5.41) is 7.42. The SMILES string of the molecule is CC(=O)O.[H-].[Na+].c1c[nH]cn1. The number of rotatable bonds is 0. The van der Waals surface area contributed by atoms with E-state index >= 15 is 0 Å². The summed E-state index contributed by atoms with van der Waals surface area (Å²) in [6.07, 6.45) is 5.08. The number of carboxylic acid groups (broad SMARTS) is 1. The Morgan fingerprint density at radius 1 is 1.80 bits per heavy atom. The van der Waals surface area contributed by atoms with Crippen molar-refractivity contribution in [3.63, 3.8) is 0 Å². The Bertz CT molecular complexity index is 136. The van der Waals surface area contributed by atoms with Crippen LogP contribution in [0.5, 0.6) is 0 Å². The van der Waals surface area contributed by atoms with Gasteiger partial charge in [0.1, 0.15) is 0 Å². The zero-order valence-electron chi connectivity index (χ0n) is 7.03. The van der Waals surface area contributed by atoms with Crippen LogP contribution in [0.25, 0.3) is 0 Å². The van der Waals surface area contributed by atoms with E-state index in [2.05, 4.69) is 9.97 Å². The van der Waals surface area contributed by atoms with Crippen LogP contribution in [-0.2, 0) is 4.79 Å². The summed E-state index contributed by atoms with van der Waals surface area (Å²) >= 11 is 0. The molecule has 0 aromatic carbocycles. The van der Waals surface area contributed by atoms with Gasteiger partial charge in [0.05, 0.1) is 6.33 Å². The fourth-order valence-electron chi connectivity index (χ4n) is 0.215. The molecule has 1 heterocycles. The van der Waals surface area contributed by atoms with Crippen LogP contribution in [0.1, 0.15) is 8.35 Å². The molecule has 1 aromatic heterocycles. The number of nitrogens with one attached hydrogen (secondary N) is 1. The van der Waals surface area contributed by atoms with Crippen LogP contribution >= 0.6 is 0 Å². The van der Waals surface area contributed by atoms with Crippen molar-refractivity contribution < 1.29 is 40.9 Å². The van der Waals surface area contributed by atoms with Gasteiger partial charge in [0.25, 0.3) is 5.97 Å². The topological polar surface area (TPSA) is 66.0 Å². The minimum atomic E-state index is -0.833. The molecule has 1 aromatic rings. The van der Waals surface area contributed by atoms with E-state index < -0.39 is 5.97 Å². The van der Waals surface area contributed by atoms with Crippen LogP contribution in [0.15, 0.2) is 18.7 Å². The molecule has 4 nitrogen and oxygen atoms in total. The second-order valence-electron chi connectivity index (χ2n) is 1.28. The first-order valence-corrected chi connectivity index (χ1v) is 2.35. The van der Waals surface area contributed by atoms with Gasteiger partial charge < -0.3 is 11.5 Å². The van der Waals surface area contributed by atoms with Crippen LogP contribution in [0.2, 0.25) is 0 Å². The van der Waals surface area contributed by atoms with Crippen LogP contribution in [-0.4, -0.2) is 21.0 Å². The number of aromatic nitrogens is 2. The second kappa shape index (κ2) is 8.68. The Hall–Kier alpha value is -0.320. The molecular weight excluding hydrogens is 143 g/mol. The first-order valence-electron chi connectivity index (χ1n) is 2.35. The molecule has 1 rings (SSSR count). The largest absolute Gasteiger partial charge is 1.00 e. The van der Waals surface area contributed by atoms with Crippen molar-refractivity contribution in [2.24, 2.45) is 0 Å². The molecule has 0 saturated carbocycles. The van der Waals surface area contributed by atoms with Gasteiger partial charge in [-0.2, -0.15) is 0 Å². The van der Waals surface area contributed by atoms with Gasteiger partial charge in [-0.1, -0.05) is 0 Å². The number of aromatic amines is 1. The first kappa shape index (κ1) is 12.4. The summed E-state index contributed by atoms with van der Waals surface area (Å²) in [5.41, 5.74) is 0. The molecule has 0 radical (unpaired) electrons. The molecule has 0 spiro atoms. The predicted octanol–water partition coefficient (Wildman–Crippen LogP) is -2.38. The smallest absolute Gasteiger partial charge is 1.00 e. The van der Waals surface area contributed by atoms with E-state index in [4.69, 9.17) is 9.90 Å². The Balaban J connectivity index is -0.000000101. The second-order valence-corrected chi connectivity index (χ2v) is 1.28. The number of hydrogen-bond donors (Lipinski definition) is 2. The molecule has 0 fully saturated rings. The van der Waals surface area contributed by atoms with Crippen molar-refractivity contribution >= 4 is 5.97 Å². The third-order valence-corrected chi connectivity index (χ3v) is 0.406. The summed E-state index contributed by atoms with van der Waals surface area (Å²) in [5.74, 6) is -0.833. The van der Waals surface area contributed by atoms with Gasteiger partial charge in [-0.25, -0.2) is 4.98 Å². The van der Waals surface area contributed by atoms with Gasteiger partial charge in [0, 0.05) is 19.3 Å². The molecule has 0 aliphatic carbocycles. The molecule has 0 bridgehead atoms. The fourth-order valence-corrected chi connectivity index (χ4v) is 0.215. The summed E-state index contributed by atoms with van der Waals surface area (Å²) in [6.45, 7) is 1.08. The number of H-pyrrole nitrogens is 1. The van der Waals surface area contributed by atoms with Gasteiger partial charge in [0.15, 0.2) is 0 Å². The van der Waals surface area contributed by atoms with Gasteiger partial charge in [-0.05, 0) is 0 Å². The van der Waals surface area contributed by atoms with E-state index in [1.165, 1.54) is 0 Å². The third kappa shape index (κ3) is 15.6. The molecule has 10 heavy (non-hydrogen) atoms. The molecule has 0 saturated heterocycles. The number of imidazole rings is 1. The average Bonchev–Trinajstić information content (AvgIpc) is 2.11. The number of carboxylic acids is 1. The quantitative estimate of drug-likeness (QED) is 0.408. The van der Waals surface area contributed by atoms with E-state index in [1.54, 1.807) is 18.7 Å². The fraction of sp³-hybridized carbons (Fsp3) is 0.200. The Kier molecular flexibility index (Phi) is 10.7. The molecule has 5 heteroatoms. The van der Waals surface area contributed by atoms with E-state index in [-0.39, 0.29) is 31.0 Å². The standard InChI is InChI=1S/C3H4N2.C2H4O2.Na.H/c1-2-5-3-4-1;1-2(3)4;;/h1-3H,(H,4,5);1H3,(H,3,4);;/q;;+1;-1. The van der Waals surface area contributed by atoms with Crippen molar-refractivity contribution in [1.29, 1.82) is 0 Å². The molecule has 0 atom stereocenters. The van der Waals surface area contributed by atoms with Crippen molar-refractivity contribution in [1.82, 2.24) is 9.97 Å². The first-order chi connectivity index (χ1) is 4.23. The molecule has 0 aliphatic heterocycles. The number of aliphatic carboxylic acids is 1. The van der Waals surface area contributed by atoms with Crippen LogP contribution in [0.4, 0.5) is 0 Å². The van der Waals surface area contributed by atoms with Gasteiger partial charge in [-0.3, -0.25) is 4.79 Å². The van der Waals surface area contributed by atoms with Crippen LogP contribution < -0.4 is 29.6 Å². The Morgan fingerprint density at radius 3 is 2.40 bits per heavy atom. The van der Waals surface area contributed by atoms with Crippen molar-refractivity contribution in [3.8, 4) is 0 Å². The Morgan fingerprint density at radius 2 is 2.30 bits per heavy atom. The zero-order valence-corrected chi connectivity index (χ0v) is 8.03. The zero-order chi connectivity index (χ0) is 7.11. The van der Waals surface area contributed by atoms with Crippen LogP contribution in [0, 0.1) is 0 Å². The normalized spacial score (nSPS) is 6.50. The van der Waals surface area contributed by atoms with Crippen molar-refractivity contribution in [2.45, 2.75) is 6.92 Å². The van der Waals surface area contributed by atoms with Crippen LogP contribution in [0.3, 0.4) is 0 Å². The van der Waals surface area contributed by atoms with Gasteiger partial charge in [-0.15, -0.1) is 0 Å². The molecule has 0 aliphatic rings. The minimum Gasteiger partial charge on any atom is -1.00 e. The maximum atomic E-state index is 9.00. The van der Waals surface area contributed by atoms with E-state index in [1.807, 2.05) is 0 Å². The van der Waals surface area contributed by atoms with Crippen molar-refractivity contribution in [3.05, 3.63) is 18.7 Å². The third-order valence-electron chi connectivity index (χ3n) is 0.406. The van der Waals surface area contributed by atoms with E-state index in [9.17, 15) is 0 Å². The summed E-state index contributed by atoms with van der Waals surface area (Å²) in [7, 11) is 0. The van der Waals surface area contributed by atoms with Gasteiger partial charge in [0.2, 0.25) is 0 Å². The Labute approximate surface area is 82.4 Å². The number of hydrogen-bond acceptors (Lipinski definition) is 2. The minimum absolute atomic E-state index is 0. The maximum absolute atomic E-state index is 9.00.